The summed E-state index contributed by atoms with van der Waals surface area (Å²) in [5, 5.41) is 13.2. The molecular formula is C18H32IN5OS. The number of rotatable bonds is 5. The van der Waals surface area contributed by atoms with Gasteiger partial charge in [0.1, 0.15) is 0 Å². The van der Waals surface area contributed by atoms with E-state index in [4.69, 9.17) is 0 Å². The lowest BCUT2D eigenvalue weighted by molar-refractivity contribution is -0.128. The van der Waals surface area contributed by atoms with E-state index in [2.05, 4.69) is 43.4 Å². The maximum atomic E-state index is 11.8. The van der Waals surface area contributed by atoms with E-state index in [1.54, 1.807) is 18.4 Å². The van der Waals surface area contributed by atoms with Gasteiger partial charge in [0.25, 0.3) is 0 Å². The summed E-state index contributed by atoms with van der Waals surface area (Å²) in [5.74, 6) is 0.873. The molecule has 0 radical (unpaired) electrons. The van der Waals surface area contributed by atoms with Gasteiger partial charge in [-0.3, -0.25) is 9.79 Å². The molecule has 0 unspecified atom stereocenters. The number of amides is 1. The molecule has 1 fully saturated rings. The summed E-state index contributed by atoms with van der Waals surface area (Å²) >= 11 is 1.80. The van der Waals surface area contributed by atoms with Crippen LogP contribution < -0.4 is 20.9 Å². The van der Waals surface area contributed by atoms with Crippen LogP contribution in [0.4, 0.5) is 5.00 Å². The number of guanidine groups is 1. The highest BCUT2D eigenvalue weighted by Crippen LogP contribution is 2.24. The first-order valence-corrected chi connectivity index (χ1v) is 9.82. The Morgan fingerprint density at radius 3 is 2.46 bits per heavy atom. The van der Waals surface area contributed by atoms with Crippen LogP contribution in [0, 0.1) is 5.41 Å². The third-order valence-electron chi connectivity index (χ3n) is 4.26. The molecule has 1 aromatic heterocycles. The van der Waals surface area contributed by atoms with Gasteiger partial charge in [-0.1, -0.05) is 20.8 Å². The van der Waals surface area contributed by atoms with Crippen LogP contribution in [-0.4, -0.2) is 51.1 Å². The Bertz CT molecular complexity index is 563. The zero-order valence-electron chi connectivity index (χ0n) is 16.2. The van der Waals surface area contributed by atoms with E-state index < -0.39 is 0 Å². The average molecular weight is 493 g/mol. The van der Waals surface area contributed by atoms with Crippen molar-refractivity contribution in [3.05, 3.63) is 17.5 Å². The van der Waals surface area contributed by atoms with Crippen molar-refractivity contribution in [2.75, 3.05) is 38.1 Å². The molecule has 2 heterocycles. The quantitative estimate of drug-likeness (QED) is 0.256. The second kappa shape index (κ2) is 11.0. The zero-order valence-corrected chi connectivity index (χ0v) is 19.3. The number of halogens is 1. The summed E-state index contributed by atoms with van der Waals surface area (Å²) < 4.78 is 0. The summed E-state index contributed by atoms with van der Waals surface area (Å²) in [6.07, 6.45) is 2.19. The van der Waals surface area contributed by atoms with Crippen LogP contribution in [0.2, 0.25) is 0 Å². The minimum absolute atomic E-state index is 0. The number of nitrogens with one attached hydrogen (secondary N) is 3. The lowest BCUT2D eigenvalue weighted by Gasteiger charge is -2.33. The molecule has 6 nitrogen and oxygen atoms in total. The van der Waals surface area contributed by atoms with Gasteiger partial charge >= 0.3 is 0 Å². The average Bonchev–Trinajstić information content (AvgIpc) is 3.11. The molecule has 148 valence electrons. The number of nitrogens with zero attached hydrogens (tertiary/aromatic N) is 2. The molecule has 3 N–H and O–H groups in total. The normalized spacial score (nSPS) is 16.0. The molecule has 26 heavy (non-hydrogen) atoms. The van der Waals surface area contributed by atoms with Crippen molar-refractivity contribution in [1.82, 2.24) is 16.0 Å². The van der Waals surface area contributed by atoms with Crippen LogP contribution in [0.5, 0.6) is 0 Å². The number of hydrogen-bond acceptors (Lipinski definition) is 4. The van der Waals surface area contributed by atoms with Crippen molar-refractivity contribution in [3.8, 4) is 0 Å². The summed E-state index contributed by atoms with van der Waals surface area (Å²) in [6.45, 7) is 9.13. The number of piperidine rings is 1. The van der Waals surface area contributed by atoms with E-state index in [0.717, 1.165) is 31.9 Å². The number of thiophene rings is 1. The SMILES string of the molecule is CN=C(NCCNC(=O)C(C)(C)C)NC1CCN(c2cccs2)CC1.I. The van der Waals surface area contributed by atoms with Crippen molar-refractivity contribution in [2.24, 2.45) is 10.4 Å². The summed E-state index contributed by atoms with van der Waals surface area (Å²) in [5.41, 5.74) is -0.351. The van der Waals surface area contributed by atoms with Crippen molar-refractivity contribution in [3.63, 3.8) is 0 Å². The molecule has 1 saturated heterocycles. The molecule has 0 saturated carbocycles. The van der Waals surface area contributed by atoms with Gasteiger partial charge in [-0.05, 0) is 30.4 Å². The third kappa shape index (κ3) is 7.30. The van der Waals surface area contributed by atoms with Gasteiger partial charge in [0, 0.05) is 44.7 Å². The molecule has 1 aliphatic heterocycles. The van der Waals surface area contributed by atoms with Gasteiger partial charge in [0.2, 0.25) is 5.91 Å². The molecule has 0 bridgehead atoms. The van der Waals surface area contributed by atoms with E-state index in [-0.39, 0.29) is 35.3 Å². The van der Waals surface area contributed by atoms with Crippen LogP contribution in [0.15, 0.2) is 22.5 Å². The Morgan fingerprint density at radius 2 is 1.92 bits per heavy atom. The highest BCUT2D eigenvalue weighted by Gasteiger charge is 2.21. The Labute approximate surface area is 178 Å². The standard InChI is InChI=1S/C18H31N5OS.HI/c1-18(2,3)16(24)20-9-10-21-17(19-4)22-14-7-11-23(12-8-14)15-6-5-13-25-15;/h5-6,13-14H,7-12H2,1-4H3,(H,20,24)(H2,19,21,22);1H. The molecule has 1 aliphatic rings. The van der Waals surface area contributed by atoms with Gasteiger partial charge < -0.3 is 20.9 Å². The summed E-state index contributed by atoms with van der Waals surface area (Å²) in [4.78, 5) is 18.6. The van der Waals surface area contributed by atoms with Gasteiger partial charge in [-0.2, -0.15) is 0 Å². The number of carbonyl (C=O) groups is 1. The molecule has 0 atom stereocenters. The Morgan fingerprint density at radius 1 is 1.27 bits per heavy atom. The molecule has 0 aliphatic carbocycles. The molecule has 1 amide bonds. The number of aliphatic imine (C=N–C) groups is 1. The maximum absolute atomic E-state index is 11.8. The zero-order chi connectivity index (χ0) is 18.3. The van der Waals surface area contributed by atoms with Crippen LogP contribution in [-0.2, 0) is 4.79 Å². The van der Waals surface area contributed by atoms with Crippen molar-refractivity contribution < 1.29 is 4.79 Å². The molecule has 0 spiro atoms. The van der Waals surface area contributed by atoms with Crippen LogP contribution in [0.1, 0.15) is 33.6 Å². The largest absolute Gasteiger partial charge is 0.363 e. The fraction of sp³-hybridized carbons (Fsp3) is 0.667. The first kappa shape index (κ1) is 23.0. The highest BCUT2D eigenvalue weighted by molar-refractivity contribution is 14.0. The summed E-state index contributed by atoms with van der Waals surface area (Å²) in [7, 11) is 1.78. The Balaban J connectivity index is 0.00000338. The molecular weight excluding hydrogens is 461 g/mol. The van der Waals surface area contributed by atoms with Crippen molar-refractivity contribution >= 4 is 52.2 Å². The maximum Gasteiger partial charge on any atom is 0.225 e. The van der Waals surface area contributed by atoms with Crippen molar-refractivity contribution in [2.45, 2.75) is 39.7 Å². The Hall–Kier alpha value is -1.03. The number of anilines is 1. The monoisotopic (exact) mass is 493 g/mol. The van der Waals surface area contributed by atoms with E-state index in [9.17, 15) is 4.79 Å². The predicted octanol–water partition coefficient (Wildman–Crippen LogP) is 2.66. The van der Waals surface area contributed by atoms with Crippen LogP contribution in [0.25, 0.3) is 0 Å². The smallest absolute Gasteiger partial charge is 0.225 e. The lowest BCUT2D eigenvalue weighted by atomic mass is 9.96. The second-order valence-electron chi connectivity index (χ2n) is 7.36. The minimum Gasteiger partial charge on any atom is -0.363 e. The van der Waals surface area contributed by atoms with E-state index >= 15 is 0 Å². The number of hydrogen-bond donors (Lipinski definition) is 3. The predicted molar refractivity (Wildman–Crippen MR) is 122 cm³/mol. The second-order valence-corrected chi connectivity index (χ2v) is 8.29. The van der Waals surface area contributed by atoms with Gasteiger partial charge in [0.15, 0.2) is 5.96 Å². The van der Waals surface area contributed by atoms with E-state index in [0.29, 0.717) is 19.1 Å². The first-order chi connectivity index (χ1) is 11.9. The van der Waals surface area contributed by atoms with Crippen molar-refractivity contribution in [1.29, 1.82) is 0 Å². The fourth-order valence-electron chi connectivity index (χ4n) is 2.70. The van der Waals surface area contributed by atoms with E-state index in [1.165, 1.54) is 5.00 Å². The van der Waals surface area contributed by atoms with E-state index in [1.807, 2.05) is 20.8 Å². The number of carbonyl (C=O) groups excluding carboxylic acids is 1. The van der Waals surface area contributed by atoms with Crippen LogP contribution >= 0.6 is 35.3 Å². The Kier molecular flexibility index (Phi) is 9.70. The van der Waals surface area contributed by atoms with Gasteiger partial charge in [0.05, 0.1) is 5.00 Å². The summed E-state index contributed by atoms with van der Waals surface area (Å²) in [6, 6.07) is 4.73. The topological polar surface area (TPSA) is 68.8 Å². The van der Waals surface area contributed by atoms with Crippen LogP contribution in [0.3, 0.4) is 0 Å². The lowest BCUT2D eigenvalue weighted by Crippen LogP contribution is -2.50. The molecule has 8 heteroatoms. The highest BCUT2D eigenvalue weighted by atomic mass is 127. The van der Waals surface area contributed by atoms with Gasteiger partial charge in [-0.25, -0.2) is 0 Å². The molecule has 1 aromatic rings. The molecule has 2 rings (SSSR count). The first-order valence-electron chi connectivity index (χ1n) is 8.94. The third-order valence-corrected chi connectivity index (χ3v) is 5.19. The fourth-order valence-corrected chi connectivity index (χ4v) is 3.49. The van der Waals surface area contributed by atoms with Gasteiger partial charge in [-0.15, -0.1) is 35.3 Å². The molecule has 0 aromatic carbocycles. The minimum atomic E-state index is -0.351.